The van der Waals surface area contributed by atoms with E-state index < -0.39 is 10.8 Å². The van der Waals surface area contributed by atoms with Crippen LogP contribution in [-0.2, 0) is 10.8 Å². The Morgan fingerprint density at radius 2 is 1.95 bits per heavy atom. The molecule has 19 heavy (non-hydrogen) atoms. The number of nitrogens with two attached hydrogens (primary N) is 1. The molecule has 2 rings (SSSR count). The molecule has 1 aliphatic carbocycles. The Labute approximate surface area is 119 Å². The van der Waals surface area contributed by atoms with Crippen LogP contribution in [0.3, 0.4) is 0 Å². The van der Waals surface area contributed by atoms with E-state index in [0.717, 1.165) is 11.3 Å². The van der Waals surface area contributed by atoms with Crippen LogP contribution in [0.25, 0.3) is 0 Å². The van der Waals surface area contributed by atoms with Crippen molar-refractivity contribution in [1.82, 2.24) is 0 Å². The van der Waals surface area contributed by atoms with E-state index in [1.54, 1.807) is 0 Å². The van der Waals surface area contributed by atoms with Crippen molar-refractivity contribution < 1.29 is 4.21 Å². The zero-order valence-electron chi connectivity index (χ0n) is 12.0. The van der Waals surface area contributed by atoms with Gasteiger partial charge in [0.2, 0.25) is 0 Å². The normalized spacial score (nSPS) is 19.5. The first kappa shape index (κ1) is 14.7. The summed E-state index contributed by atoms with van der Waals surface area (Å²) in [6.45, 7) is 4.20. The second-order valence-electron chi connectivity index (χ2n) is 5.87. The molecule has 0 bridgehead atoms. The van der Waals surface area contributed by atoms with Crippen LogP contribution in [0.2, 0.25) is 0 Å². The topological polar surface area (TPSA) is 43.1 Å². The summed E-state index contributed by atoms with van der Waals surface area (Å²) < 4.78 is 12.2. The van der Waals surface area contributed by atoms with E-state index in [1.165, 1.54) is 36.8 Å². The van der Waals surface area contributed by atoms with Gasteiger partial charge in [0.05, 0.1) is 0 Å². The highest BCUT2D eigenvalue weighted by atomic mass is 32.2. The van der Waals surface area contributed by atoms with Crippen molar-refractivity contribution in [2.45, 2.75) is 45.6 Å². The Hall–Kier alpha value is -0.670. The number of rotatable bonds is 5. The Kier molecular flexibility index (Phi) is 5.17. The Morgan fingerprint density at radius 3 is 2.58 bits per heavy atom. The lowest BCUT2D eigenvalue weighted by molar-refractivity contribution is 0.602. The van der Waals surface area contributed by atoms with Gasteiger partial charge < -0.3 is 5.73 Å². The van der Waals surface area contributed by atoms with Gasteiger partial charge in [-0.3, -0.25) is 4.21 Å². The lowest BCUT2D eigenvalue weighted by Gasteiger charge is -2.15. The van der Waals surface area contributed by atoms with E-state index in [2.05, 4.69) is 32.0 Å². The number of aryl methyl sites for hydroxylation is 2. The van der Waals surface area contributed by atoms with Gasteiger partial charge in [-0.05, 0) is 49.3 Å². The Bertz CT molecular complexity index is 452. The van der Waals surface area contributed by atoms with E-state index in [4.69, 9.17) is 5.73 Å². The van der Waals surface area contributed by atoms with Crippen LogP contribution >= 0.6 is 0 Å². The molecular weight excluding hydrogens is 254 g/mol. The average Bonchev–Trinajstić information content (AvgIpc) is 2.85. The number of hydrogen-bond donors (Lipinski definition) is 1. The standard InChI is InChI=1S/C16H25NOS/c1-12-7-8-15(9-13(12)2)16(17)11-19(18)10-14-5-3-4-6-14/h7-9,14,16H,3-6,10-11,17H2,1-2H3. The van der Waals surface area contributed by atoms with Crippen molar-refractivity contribution in [3.63, 3.8) is 0 Å². The SMILES string of the molecule is Cc1ccc(C(N)CS(=O)CC2CCCC2)cc1C. The molecular formula is C16H25NOS. The molecule has 2 nitrogen and oxygen atoms in total. The molecule has 3 heteroatoms. The van der Waals surface area contributed by atoms with Crippen LogP contribution in [-0.4, -0.2) is 15.7 Å². The number of hydrogen-bond acceptors (Lipinski definition) is 2. The molecule has 1 aromatic carbocycles. The zero-order valence-corrected chi connectivity index (χ0v) is 12.8. The molecule has 0 heterocycles. The van der Waals surface area contributed by atoms with Crippen LogP contribution in [0.1, 0.15) is 48.4 Å². The van der Waals surface area contributed by atoms with E-state index in [1.807, 2.05) is 0 Å². The van der Waals surface area contributed by atoms with Crippen molar-refractivity contribution in [2.24, 2.45) is 11.7 Å². The van der Waals surface area contributed by atoms with Crippen LogP contribution in [0.4, 0.5) is 0 Å². The van der Waals surface area contributed by atoms with Crippen LogP contribution in [0.5, 0.6) is 0 Å². The van der Waals surface area contributed by atoms with Gasteiger partial charge in [0, 0.05) is 28.3 Å². The third-order valence-electron chi connectivity index (χ3n) is 4.22. The minimum atomic E-state index is -0.777. The maximum Gasteiger partial charge on any atom is 0.0428 e. The highest BCUT2D eigenvalue weighted by Gasteiger charge is 2.19. The van der Waals surface area contributed by atoms with E-state index in [0.29, 0.717) is 11.7 Å². The molecule has 1 fully saturated rings. The maximum atomic E-state index is 12.2. The fraction of sp³-hybridized carbons (Fsp3) is 0.625. The second-order valence-corrected chi connectivity index (χ2v) is 7.42. The van der Waals surface area contributed by atoms with Gasteiger partial charge in [-0.15, -0.1) is 0 Å². The molecule has 0 radical (unpaired) electrons. The molecule has 0 aromatic heterocycles. The molecule has 1 aliphatic rings. The van der Waals surface area contributed by atoms with Gasteiger partial charge in [-0.1, -0.05) is 31.0 Å². The zero-order chi connectivity index (χ0) is 13.8. The molecule has 2 atom stereocenters. The average molecular weight is 279 g/mol. The largest absolute Gasteiger partial charge is 0.323 e. The first-order valence-corrected chi connectivity index (χ1v) is 8.73. The van der Waals surface area contributed by atoms with Gasteiger partial charge in [0.1, 0.15) is 0 Å². The van der Waals surface area contributed by atoms with Crippen LogP contribution < -0.4 is 5.73 Å². The minimum Gasteiger partial charge on any atom is -0.323 e. The highest BCUT2D eigenvalue weighted by molar-refractivity contribution is 7.85. The third-order valence-corrected chi connectivity index (χ3v) is 5.79. The predicted molar refractivity (Wildman–Crippen MR) is 82.7 cm³/mol. The van der Waals surface area contributed by atoms with Gasteiger partial charge in [-0.25, -0.2) is 0 Å². The quantitative estimate of drug-likeness (QED) is 0.899. The lowest BCUT2D eigenvalue weighted by atomic mass is 10.0. The maximum absolute atomic E-state index is 12.2. The van der Waals surface area contributed by atoms with E-state index >= 15 is 0 Å². The summed E-state index contributed by atoms with van der Waals surface area (Å²) in [6.07, 6.45) is 5.13. The summed E-state index contributed by atoms with van der Waals surface area (Å²) in [5.74, 6) is 2.12. The van der Waals surface area contributed by atoms with Gasteiger partial charge in [-0.2, -0.15) is 0 Å². The van der Waals surface area contributed by atoms with Crippen molar-refractivity contribution >= 4 is 10.8 Å². The van der Waals surface area contributed by atoms with Gasteiger partial charge in [0.25, 0.3) is 0 Å². The first-order valence-electron chi connectivity index (χ1n) is 7.24. The summed E-state index contributed by atoms with van der Waals surface area (Å²) >= 11 is 0. The number of benzene rings is 1. The molecule has 1 saturated carbocycles. The summed E-state index contributed by atoms with van der Waals surface area (Å²) in [7, 11) is -0.777. The minimum absolute atomic E-state index is 0.0958. The third kappa shape index (κ3) is 4.15. The molecule has 106 valence electrons. The van der Waals surface area contributed by atoms with Crippen LogP contribution in [0.15, 0.2) is 18.2 Å². The highest BCUT2D eigenvalue weighted by Crippen LogP contribution is 2.26. The van der Waals surface area contributed by atoms with Crippen molar-refractivity contribution in [3.8, 4) is 0 Å². The van der Waals surface area contributed by atoms with Gasteiger partial charge >= 0.3 is 0 Å². The fourth-order valence-corrected chi connectivity index (χ4v) is 4.39. The predicted octanol–water partition coefficient (Wildman–Crippen LogP) is 3.24. The van der Waals surface area contributed by atoms with Crippen LogP contribution in [0, 0.1) is 19.8 Å². The van der Waals surface area contributed by atoms with Crippen molar-refractivity contribution in [2.75, 3.05) is 11.5 Å². The van der Waals surface area contributed by atoms with Crippen molar-refractivity contribution in [3.05, 3.63) is 34.9 Å². The lowest BCUT2D eigenvalue weighted by Crippen LogP contribution is -2.21. The van der Waals surface area contributed by atoms with Crippen molar-refractivity contribution in [1.29, 1.82) is 0 Å². The van der Waals surface area contributed by atoms with E-state index in [9.17, 15) is 4.21 Å². The summed E-state index contributed by atoms with van der Waals surface area (Å²) in [4.78, 5) is 0. The molecule has 2 unspecified atom stereocenters. The smallest absolute Gasteiger partial charge is 0.0428 e. The Morgan fingerprint density at radius 1 is 1.26 bits per heavy atom. The summed E-state index contributed by atoms with van der Waals surface area (Å²) in [6, 6.07) is 6.21. The molecule has 0 spiro atoms. The molecule has 2 N–H and O–H groups in total. The molecule has 0 aliphatic heterocycles. The van der Waals surface area contributed by atoms with Gasteiger partial charge in [0.15, 0.2) is 0 Å². The molecule has 0 saturated heterocycles. The fourth-order valence-electron chi connectivity index (χ4n) is 2.80. The van der Waals surface area contributed by atoms with E-state index in [-0.39, 0.29) is 6.04 Å². The summed E-state index contributed by atoms with van der Waals surface area (Å²) in [5.41, 5.74) is 9.85. The molecule has 1 aromatic rings. The molecule has 0 amide bonds. The second kappa shape index (κ2) is 6.67. The summed E-state index contributed by atoms with van der Waals surface area (Å²) in [5, 5.41) is 0. The Balaban J connectivity index is 1.90. The monoisotopic (exact) mass is 279 g/mol. The first-order chi connectivity index (χ1) is 9.06.